The van der Waals surface area contributed by atoms with Crippen molar-refractivity contribution in [2.24, 2.45) is 0 Å². The summed E-state index contributed by atoms with van der Waals surface area (Å²) >= 11 is 34.0. The van der Waals surface area contributed by atoms with Crippen LogP contribution in [0.3, 0.4) is 0 Å². The molecule has 0 bridgehead atoms. The van der Waals surface area contributed by atoms with Crippen molar-refractivity contribution >= 4 is 116 Å². The van der Waals surface area contributed by atoms with Gasteiger partial charge in [0, 0.05) is 47.7 Å². The van der Waals surface area contributed by atoms with E-state index in [-0.39, 0.29) is 47.5 Å². The first-order valence-electron chi connectivity index (χ1n) is 17.0. The number of rotatable bonds is 10. The van der Waals surface area contributed by atoms with Gasteiger partial charge in [0.2, 0.25) is 23.6 Å². The minimum Gasteiger partial charge on any atom is -0.326 e. The molecule has 4 amide bonds. The normalized spacial score (nSPS) is 10.0. The third kappa shape index (κ3) is 17.8. The second-order valence-electron chi connectivity index (χ2n) is 11.7. The van der Waals surface area contributed by atoms with Gasteiger partial charge in [0.1, 0.15) is 11.8 Å². The van der Waals surface area contributed by atoms with Crippen molar-refractivity contribution in [3.63, 3.8) is 0 Å². The number of anilines is 4. The van der Waals surface area contributed by atoms with Crippen LogP contribution < -0.4 is 20.4 Å². The fourth-order valence-corrected chi connectivity index (χ4v) is 5.27. The molecule has 0 saturated carbocycles. The Morgan fingerprint density at radius 2 is 0.833 bits per heavy atom. The largest absolute Gasteiger partial charge is 0.326 e. The maximum atomic E-state index is 11.5. The van der Waals surface area contributed by atoms with Gasteiger partial charge in [0.15, 0.2) is 0 Å². The highest BCUT2D eigenvalue weighted by Crippen LogP contribution is 2.26. The molecule has 0 spiro atoms. The minimum atomic E-state index is -0.0622. The number of carbonyl (C=O) groups is 4. The molecule has 0 unspecified atom stereocenters. The Morgan fingerprint density at radius 3 is 1.07 bits per heavy atom. The van der Waals surface area contributed by atoms with E-state index in [1.165, 1.54) is 0 Å². The Hall–Kier alpha value is -3.50. The summed E-state index contributed by atoms with van der Waals surface area (Å²) in [6.45, 7) is 11.4. The van der Waals surface area contributed by atoms with E-state index >= 15 is 0 Å². The second-order valence-corrected chi connectivity index (χ2v) is 13.9. The van der Waals surface area contributed by atoms with E-state index in [9.17, 15) is 19.2 Å². The van der Waals surface area contributed by atoms with Gasteiger partial charge in [0.25, 0.3) is 0 Å². The Morgan fingerprint density at radius 1 is 0.519 bits per heavy atom. The van der Waals surface area contributed by atoms with Crippen molar-refractivity contribution in [2.45, 2.75) is 66.5 Å². The first kappa shape index (κ1) is 48.5. The molecule has 0 saturated heterocycles. The van der Waals surface area contributed by atoms with Crippen LogP contribution in [0.1, 0.15) is 54.4 Å². The summed E-state index contributed by atoms with van der Waals surface area (Å²) in [4.78, 5) is 48.5. The van der Waals surface area contributed by atoms with Crippen LogP contribution >= 0.6 is 69.6 Å². The van der Waals surface area contributed by atoms with Crippen LogP contribution in [0.15, 0.2) is 97.1 Å². The highest BCUT2D eigenvalue weighted by atomic mass is 35.5. The highest BCUT2D eigenvalue weighted by molar-refractivity contribution is 6.42. The fraction of sp³-hybridized carbons (Fsp3) is 0.300. The number of para-hydroxylation sites is 2. The third-order valence-corrected chi connectivity index (χ3v) is 8.85. The third-order valence-electron chi connectivity index (χ3n) is 6.92. The molecule has 0 aliphatic rings. The highest BCUT2D eigenvalue weighted by Gasteiger charge is 2.18. The van der Waals surface area contributed by atoms with Crippen LogP contribution in [0.25, 0.3) is 0 Å². The monoisotopic (exact) mass is 856 g/mol. The van der Waals surface area contributed by atoms with E-state index in [4.69, 9.17) is 69.6 Å². The second kappa shape index (κ2) is 26.3. The number of carbonyl (C=O) groups excluding carboxylic acids is 4. The lowest BCUT2D eigenvalue weighted by molar-refractivity contribution is -0.117. The molecule has 4 aromatic rings. The van der Waals surface area contributed by atoms with E-state index in [0.29, 0.717) is 44.3 Å². The Balaban J connectivity index is 0.000000360. The van der Waals surface area contributed by atoms with Crippen LogP contribution in [0, 0.1) is 0 Å². The quantitative estimate of drug-likeness (QED) is 0.155. The number of halogens is 6. The average molecular weight is 860 g/mol. The zero-order chi connectivity index (χ0) is 40.8. The Bertz CT molecular complexity index is 1630. The molecule has 0 aliphatic heterocycles. The van der Waals surface area contributed by atoms with Gasteiger partial charge in [-0.05, 0) is 88.4 Å². The van der Waals surface area contributed by atoms with Gasteiger partial charge in [-0.15, -0.1) is 23.2 Å². The van der Waals surface area contributed by atoms with Crippen LogP contribution in [0.4, 0.5) is 22.7 Å². The van der Waals surface area contributed by atoms with E-state index in [1.54, 1.807) is 60.0 Å². The summed E-state index contributed by atoms with van der Waals surface area (Å²) < 4.78 is 0. The van der Waals surface area contributed by atoms with Gasteiger partial charge in [0.05, 0.1) is 20.1 Å². The van der Waals surface area contributed by atoms with Crippen molar-refractivity contribution in [3.8, 4) is 0 Å². The van der Waals surface area contributed by atoms with Crippen molar-refractivity contribution < 1.29 is 19.2 Å². The molecule has 54 heavy (non-hydrogen) atoms. The number of benzene rings is 4. The van der Waals surface area contributed by atoms with E-state index < -0.39 is 0 Å². The molecule has 0 radical (unpaired) electrons. The first-order valence-corrected chi connectivity index (χ1v) is 19.5. The molecule has 292 valence electrons. The molecule has 0 aliphatic carbocycles. The SMILES string of the molecule is CC(C)N(C(=O)CCl)c1ccccc1.CC(C)N(C(=O)CCl)c1ccccc1.CCC(=O)Nc1ccc(Cl)c(Cl)c1.CCC(=O)Nc1ccc(Cl)c(Cl)c1. The van der Waals surface area contributed by atoms with Crippen LogP contribution in [0.5, 0.6) is 0 Å². The maximum Gasteiger partial charge on any atom is 0.242 e. The number of alkyl halides is 2. The standard InChI is InChI=1S/2C11H14ClNO.2C9H9Cl2NO/c2*1-9(2)13(11(14)8-12)10-6-4-3-5-7-10;2*1-2-9(13)12-6-3-4-7(10)8(11)5-6/h2*3-7,9H,8H2,1-2H3;2*3-5H,2H2,1H3,(H,12,13). The average Bonchev–Trinajstić information content (AvgIpc) is 3.16. The molecular weight excluding hydrogens is 813 g/mol. The van der Waals surface area contributed by atoms with Gasteiger partial charge < -0.3 is 20.4 Å². The van der Waals surface area contributed by atoms with E-state index in [2.05, 4.69) is 10.6 Å². The van der Waals surface area contributed by atoms with Gasteiger partial charge in [-0.3, -0.25) is 19.2 Å². The van der Waals surface area contributed by atoms with Crippen molar-refractivity contribution in [2.75, 3.05) is 32.2 Å². The van der Waals surface area contributed by atoms with Crippen LogP contribution in [-0.4, -0.2) is 47.5 Å². The topological polar surface area (TPSA) is 98.8 Å². The summed E-state index contributed by atoms with van der Waals surface area (Å²) in [6, 6.07) is 29.3. The lowest BCUT2D eigenvalue weighted by atomic mass is 10.2. The summed E-state index contributed by atoms with van der Waals surface area (Å²) in [7, 11) is 0. The summed E-state index contributed by atoms with van der Waals surface area (Å²) in [5.74, 6) is -0.169. The van der Waals surface area contributed by atoms with Crippen molar-refractivity contribution in [1.82, 2.24) is 0 Å². The zero-order valence-corrected chi connectivity index (χ0v) is 35.6. The number of hydrogen-bond acceptors (Lipinski definition) is 4. The lowest BCUT2D eigenvalue weighted by Gasteiger charge is -2.25. The van der Waals surface area contributed by atoms with Gasteiger partial charge in [-0.2, -0.15) is 0 Å². The molecule has 2 N–H and O–H groups in total. The summed E-state index contributed by atoms with van der Waals surface area (Å²) in [6.07, 6.45) is 0.889. The van der Waals surface area contributed by atoms with Crippen LogP contribution in [-0.2, 0) is 19.2 Å². The molecule has 4 aromatic carbocycles. The fourth-order valence-electron chi connectivity index (χ4n) is 4.41. The molecular formula is C40H46Cl6N4O4. The molecule has 14 heteroatoms. The van der Waals surface area contributed by atoms with Gasteiger partial charge in [-0.25, -0.2) is 0 Å². The molecule has 0 atom stereocenters. The smallest absolute Gasteiger partial charge is 0.242 e. The number of nitrogens with zero attached hydrogens (tertiary/aromatic N) is 2. The lowest BCUT2D eigenvalue weighted by Crippen LogP contribution is -2.37. The first-order chi connectivity index (χ1) is 25.6. The Kier molecular flexibility index (Phi) is 23.7. The molecule has 4 rings (SSSR count). The molecule has 0 fully saturated rings. The predicted molar refractivity (Wildman–Crippen MR) is 230 cm³/mol. The van der Waals surface area contributed by atoms with Crippen molar-refractivity contribution in [1.29, 1.82) is 0 Å². The zero-order valence-electron chi connectivity index (χ0n) is 31.0. The Labute approximate surface area is 349 Å². The predicted octanol–water partition coefficient (Wildman–Crippen LogP) is 12.0. The van der Waals surface area contributed by atoms with Gasteiger partial charge in [-0.1, -0.05) is 96.6 Å². The molecule has 0 heterocycles. The van der Waals surface area contributed by atoms with Crippen LogP contribution in [0.2, 0.25) is 20.1 Å². The molecule has 8 nitrogen and oxygen atoms in total. The van der Waals surface area contributed by atoms with E-state index in [0.717, 1.165) is 11.4 Å². The van der Waals surface area contributed by atoms with E-state index in [1.807, 2.05) is 88.4 Å². The summed E-state index contributed by atoms with van der Waals surface area (Å²) in [5.41, 5.74) is 3.13. The number of nitrogens with one attached hydrogen (secondary N) is 2. The number of amides is 4. The van der Waals surface area contributed by atoms with Gasteiger partial charge >= 0.3 is 0 Å². The number of hydrogen-bond donors (Lipinski definition) is 2. The minimum absolute atomic E-state index is 0.0209. The molecule has 0 aromatic heterocycles. The summed E-state index contributed by atoms with van der Waals surface area (Å²) in [5, 5.41) is 7.20. The van der Waals surface area contributed by atoms with Crippen molar-refractivity contribution in [3.05, 3.63) is 117 Å². The maximum absolute atomic E-state index is 11.5.